The van der Waals surface area contributed by atoms with Crippen LogP contribution in [-0.2, 0) is 23.7 Å². The lowest BCUT2D eigenvalue weighted by molar-refractivity contribution is -0.143. The minimum atomic E-state index is -4.95. The SMILES string of the molecule is Cc1cc(F)ccc1C1CNCCC1C(=O)N(Cc1cc(C(F)(F)F)cc(C(F)(F)F)c1)C1CC1. The second-order valence-electron chi connectivity index (χ2n) is 9.32. The number of hydrogen-bond acceptors (Lipinski definition) is 2. The maximum absolute atomic E-state index is 13.7. The molecule has 2 unspecified atom stereocenters. The second kappa shape index (κ2) is 9.44. The summed E-state index contributed by atoms with van der Waals surface area (Å²) in [5.41, 5.74) is -1.52. The zero-order chi connectivity index (χ0) is 25.5. The van der Waals surface area contributed by atoms with E-state index in [4.69, 9.17) is 0 Å². The number of nitrogens with one attached hydrogen (secondary N) is 1. The monoisotopic (exact) mass is 502 g/mol. The summed E-state index contributed by atoms with van der Waals surface area (Å²) in [7, 11) is 0. The van der Waals surface area contributed by atoms with Crippen LogP contribution in [0.5, 0.6) is 0 Å². The van der Waals surface area contributed by atoms with Gasteiger partial charge in [-0.3, -0.25) is 4.79 Å². The number of aryl methyl sites for hydroxylation is 1. The van der Waals surface area contributed by atoms with Crippen molar-refractivity contribution in [3.63, 3.8) is 0 Å². The molecule has 0 bridgehead atoms. The minimum absolute atomic E-state index is 0.0902. The Morgan fingerprint density at radius 2 is 1.60 bits per heavy atom. The Bertz CT molecular complexity index is 1060. The number of amides is 1. The highest BCUT2D eigenvalue weighted by Crippen LogP contribution is 2.39. The first-order chi connectivity index (χ1) is 16.3. The van der Waals surface area contributed by atoms with Crippen LogP contribution < -0.4 is 5.32 Å². The third-order valence-corrected chi connectivity index (χ3v) is 6.70. The van der Waals surface area contributed by atoms with Crippen LogP contribution in [0.1, 0.15) is 53.0 Å². The number of alkyl halides is 6. The van der Waals surface area contributed by atoms with Crippen molar-refractivity contribution >= 4 is 5.91 Å². The highest BCUT2D eigenvalue weighted by atomic mass is 19.4. The molecule has 1 N–H and O–H groups in total. The summed E-state index contributed by atoms with van der Waals surface area (Å²) >= 11 is 0. The normalized spacial score (nSPS) is 21.1. The van der Waals surface area contributed by atoms with Crippen molar-refractivity contribution in [1.82, 2.24) is 10.2 Å². The first-order valence-corrected chi connectivity index (χ1v) is 11.4. The van der Waals surface area contributed by atoms with Crippen molar-refractivity contribution in [2.24, 2.45) is 5.92 Å². The molecule has 1 aliphatic carbocycles. The molecule has 190 valence electrons. The van der Waals surface area contributed by atoms with Gasteiger partial charge in [0.15, 0.2) is 0 Å². The number of benzene rings is 2. The van der Waals surface area contributed by atoms with Crippen molar-refractivity contribution in [3.05, 3.63) is 70.0 Å². The molecule has 1 saturated carbocycles. The maximum atomic E-state index is 13.7. The highest BCUT2D eigenvalue weighted by Gasteiger charge is 2.42. The van der Waals surface area contributed by atoms with Gasteiger partial charge in [-0.15, -0.1) is 0 Å². The summed E-state index contributed by atoms with van der Waals surface area (Å²) in [6, 6.07) is 5.56. The Hall–Kier alpha value is -2.62. The molecule has 10 heteroatoms. The van der Waals surface area contributed by atoms with Gasteiger partial charge < -0.3 is 10.2 Å². The van der Waals surface area contributed by atoms with Crippen LogP contribution in [0.4, 0.5) is 30.7 Å². The number of hydrogen-bond donors (Lipinski definition) is 1. The predicted molar refractivity (Wildman–Crippen MR) is 115 cm³/mol. The summed E-state index contributed by atoms with van der Waals surface area (Å²) < 4.78 is 93.5. The van der Waals surface area contributed by atoms with Crippen LogP contribution >= 0.6 is 0 Å². The summed E-state index contributed by atoms with van der Waals surface area (Å²) in [5.74, 6) is -1.50. The molecule has 2 aliphatic rings. The lowest BCUT2D eigenvalue weighted by Crippen LogP contribution is -2.46. The summed E-state index contributed by atoms with van der Waals surface area (Å²) in [4.78, 5) is 15.1. The molecule has 0 radical (unpaired) electrons. The van der Waals surface area contributed by atoms with E-state index in [0.717, 1.165) is 5.56 Å². The lowest BCUT2D eigenvalue weighted by atomic mass is 9.79. The van der Waals surface area contributed by atoms with Crippen LogP contribution in [0.15, 0.2) is 36.4 Å². The molecule has 1 aliphatic heterocycles. The molecular weight excluding hydrogens is 477 g/mol. The van der Waals surface area contributed by atoms with Crippen LogP contribution in [0, 0.1) is 18.7 Å². The lowest BCUT2D eigenvalue weighted by Gasteiger charge is -2.36. The largest absolute Gasteiger partial charge is 0.416 e. The van der Waals surface area contributed by atoms with Crippen molar-refractivity contribution < 1.29 is 35.5 Å². The standard InChI is InChI=1S/C25H25F7N2O/c1-14-8-18(26)2-5-20(14)22-12-33-7-6-21(22)23(35)34(19-3-4-19)13-15-9-16(24(27,28)29)11-17(10-15)25(30,31)32/h2,5,8-11,19,21-22,33H,3-4,6-7,12-13H2,1H3. The highest BCUT2D eigenvalue weighted by molar-refractivity contribution is 5.81. The van der Waals surface area contributed by atoms with Crippen molar-refractivity contribution in [1.29, 1.82) is 0 Å². The van der Waals surface area contributed by atoms with E-state index in [1.54, 1.807) is 13.0 Å². The predicted octanol–water partition coefficient (Wildman–Crippen LogP) is 6.06. The number of halogens is 7. The van der Waals surface area contributed by atoms with E-state index in [0.29, 0.717) is 50.0 Å². The molecule has 0 spiro atoms. The molecule has 2 aromatic carbocycles. The molecular formula is C25H25F7N2O. The van der Waals surface area contributed by atoms with E-state index in [-0.39, 0.29) is 36.0 Å². The Kier molecular flexibility index (Phi) is 6.87. The first kappa shape index (κ1) is 25.5. The topological polar surface area (TPSA) is 32.3 Å². The fraction of sp³-hybridized carbons (Fsp3) is 0.480. The average molecular weight is 502 g/mol. The van der Waals surface area contributed by atoms with Crippen LogP contribution in [-0.4, -0.2) is 29.9 Å². The summed E-state index contributed by atoms with van der Waals surface area (Å²) in [6.45, 7) is 2.42. The van der Waals surface area contributed by atoms with Gasteiger partial charge in [0.25, 0.3) is 0 Å². The Morgan fingerprint density at radius 3 is 2.14 bits per heavy atom. The molecule has 2 fully saturated rings. The van der Waals surface area contributed by atoms with E-state index in [1.165, 1.54) is 17.0 Å². The quantitative estimate of drug-likeness (QED) is 0.505. The summed E-state index contributed by atoms with van der Waals surface area (Å²) in [6.07, 6.45) is -8.17. The van der Waals surface area contributed by atoms with Gasteiger partial charge in [0.05, 0.1) is 11.1 Å². The Morgan fingerprint density at radius 1 is 0.971 bits per heavy atom. The Labute approximate surface area is 198 Å². The fourth-order valence-electron chi connectivity index (χ4n) is 4.83. The third kappa shape index (κ3) is 5.79. The smallest absolute Gasteiger partial charge is 0.335 e. The molecule has 2 aromatic rings. The summed E-state index contributed by atoms with van der Waals surface area (Å²) in [5, 5.41) is 3.23. The van der Waals surface area contributed by atoms with Gasteiger partial charge >= 0.3 is 12.4 Å². The van der Waals surface area contributed by atoms with E-state index in [2.05, 4.69) is 5.32 Å². The third-order valence-electron chi connectivity index (χ3n) is 6.70. The molecule has 1 amide bonds. The number of nitrogens with zero attached hydrogens (tertiary/aromatic N) is 1. The van der Waals surface area contributed by atoms with E-state index < -0.39 is 35.2 Å². The van der Waals surface area contributed by atoms with Gasteiger partial charge in [-0.2, -0.15) is 26.3 Å². The fourth-order valence-corrected chi connectivity index (χ4v) is 4.83. The van der Waals surface area contributed by atoms with Crippen LogP contribution in [0.25, 0.3) is 0 Å². The number of carbonyl (C=O) groups is 1. The molecule has 35 heavy (non-hydrogen) atoms. The molecule has 4 rings (SSSR count). The van der Waals surface area contributed by atoms with Crippen molar-refractivity contribution in [2.45, 2.75) is 57.0 Å². The van der Waals surface area contributed by atoms with E-state index >= 15 is 0 Å². The van der Waals surface area contributed by atoms with Crippen LogP contribution in [0.3, 0.4) is 0 Å². The van der Waals surface area contributed by atoms with Gasteiger partial charge in [-0.1, -0.05) is 6.07 Å². The van der Waals surface area contributed by atoms with Gasteiger partial charge in [-0.05, 0) is 79.8 Å². The van der Waals surface area contributed by atoms with Gasteiger partial charge in [0.1, 0.15) is 5.82 Å². The zero-order valence-electron chi connectivity index (χ0n) is 18.9. The maximum Gasteiger partial charge on any atom is 0.416 e. The average Bonchev–Trinajstić information content (AvgIpc) is 3.61. The molecule has 1 saturated heterocycles. The molecule has 2 atom stereocenters. The van der Waals surface area contributed by atoms with E-state index in [1.807, 2.05) is 0 Å². The molecule has 0 aromatic heterocycles. The van der Waals surface area contributed by atoms with Crippen molar-refractivity contribution in [2.75, 3.05) is 13.1 Å². The van der Waals surface area contributed by atoms with Crippen LogP contribution in [0.2, 0.25) is 0 Å². The molecule has 1 heterocycles. The number of rotatable bonds is 5. The Balaban J connectivity index is 1.65. The number of piperidine rings is 1. The van der Waals surface area contributed by atoms with Gasteiger partial charge in [0.2, 0.25) is 5.91 Å². The second-order valence-corrected chi connectivity index (χ2v) is 9.32. The first-order valence-electron chi connectivity index (χ1n) is 11.4. The van der Waals surface area contributed by atoms with Gasteiger partial charge in [-0.25, -0.2) is 4.39 Å². The van der Waals surface area contributed by atoms with Crippen molar-refractivity contribution in [3.8, 4) is 0 Å². The minimum Gasteiger partial charge on any atom is -0.335 e. The van der Waals surface area contributed by atoms with E-state index in [9.17, 15) is 35.5 Å². The zero-order valence-corrected chi connectivity index (χ0v) is 18.9. The molecule has 3 nitrogen and oxygen atoms in total. The number of carbonyl (C=O) groups excluding carboxylic acids is 1. The van der Waals surface area contributed by atoms with Gasteiger partial charge in [0, 0.05) is 31.0 Å².